The number of carbonyl (C=O) groups excluding carboxylic acids is 1. The van der Waals surface area contributed by atoms with Gasteiger partial charge in [0.1, 0.15) is 11.6 Å². The van der Waals surface area contributed by atoms with Crippen molar-refractivity contribution in [3.05, 3.63) is 54.4 Å². The van der Waals surface area contributed by atoms with Gasteiger partial charge in [0.25, 0.3) is 5.91 Å². The molecule has 0 saturated heterocycles. The van der Waals surface area contributed by atoms with E-state index in [0.29, 0.717) is 11.5 Å². The van der Waals surface area contributed by atoms with E-state index in [1.165, 1.54) is 29.0 Å². The molecule has 2 aromatic rings. The highest BCUT2D eigenvalue weighted by molar-refractivity contribution is 5.93. The molecule has 2 N–H and O–H groups in total. The Balaban J connectivity index is 2.27. The number of aromatic nitrogens is 3. The van der Waals surface area contributed by atoms with E-state index < -0.39 is 23.7 Å². The maximum atomic E-state index is 13.5. The molecule has 9 heteroatoms. The fourth-order valence-corrected chi connectivity index (χ4v) is 2.26. The van der Waals surface area contributed by atoms with Gasteiger partial charge in [-0.2, -0.15) is 0 Å². The van der Waals surface area contributed by atoms with E-state index in [1.807, 2.05) is 13.8 Å². The zero-order valence-corrected chi connectivity index (χ0v) is 15.1. The first-order valence-electron chi connectivity index (χ1n) is 8.28. The van der Waals surface area contributed by atoms with Crippen LogP contribution in [-0.2, 0) is 9.53 Å². The number of halogens is 1. The highest BCUT2D eigenvalue weighted by atomic mass is 19.1. The number of ether oxygens (including phenoxy) is 1. The Bertz CT molecular complexity index is 835. The lowest BCUT2D eigenvalue weighted by Crippen LogP contribution is -2.44. The lowest BCUT2D eigenvalue weighted by molar-refractivity contribution is -0.140. The first kappa shape index (κ1) is 20.2. The summed E-state index contributed by atoms with van der Waals surface area (Å²) >= 11 is 0. The summed E-state index contributed by atoms with van der Waals surface area (Å²) in [5.74, 6) is -2.33. The summed E-state index contributed by atoms with van der Waals surface area (Å²) in [6, 6.07) is 4.46. The molecule has 0 aliphatic heterocycles. The Labute approximate surface area is 155 Å². The molecule has 0 bridgehead atoms. The molecule has 0 spiro atoms. The van der Waals surface area contributed by atoms with Crippen LogP contribution in [-0.4, -0.2) is 51.0 Å². The number of carboxylic acid groups (broad SMARTS) is 1. The topological polar surface area (TPSA) is 106 Å². The lowest BCUT2D eigenvalue weighted by Gasteiger charge is -2.12. The van der Waals surface area contributed by atoms with Crippen molar-refractivity contribution in [1.29, 1.82) is 0 Å². The van der Waals surface area contributed by atoms with Gasteiger partial charge in [0.05, 0.1) is 18.9 Å². The molecule has 1 aromatic heterocycles. The van der Waals surface area contributed by atoms with Gasteiger partial charge in [-0.25, -0.2) is 18.9 Å². The molecule has 27 heavy (non-hydrogen) atoms. The van der Waals surface area contributed by atoms with E-state index in [9.17, 15) is 19.1 Å². The Hall–Kier alpha value is -3.07. The zero-order valence-electron chi connectivity index (χ0n) is 15.1. The van der Waals surface area contributed by atoms with E-state index >= 15 is 0 Å². The lowest BCUT2D eigenvalue weighted by atomic mass is 10.2. The average molecular weight is 376 g/mol. The van der Waals surface area contributed by atoms with Crippen LogP contribution >= 0.6 is 0 Å². The molecule has 1 amide bonds. The summed E-state index contributed by atoms with van der Waals surface area (Å²) in [6.45, 7) is 7.10. The highest BCUT2D eigenvalue weighted by Crippen LogP contribution is 2.18. The van der Waals surface area contributed by atoms with E-state index in [0.717, 1.165) is 0 Å². The molecule has 1 unspecified atom stereocenters. The average Bonchev–Trinajstić information content (AvgIpc) is 3.06. The van der Waals surface area contributed by atoms with Crippen molar-refractivity contribution in [3.63, 3.8) is 0 Å². The van der Waals surface area contributed by atoms with Crippen LogP contribution in [0.4, 0.5) is 4.39 Å². The molecule has 144 valence electrons. The van der Waals surface area contributed by atoms with Crippen LogP contribution in [0.1, 0.15) is 36.2 Å². The first-order valence-corrected chi connectivity index (χ1v) is 8.28. The van der Waals surface area contributed by atoms with E-state index in [2.05, 4.69) is 22.0 Å². The molecule has 1 heterocycles. The van der Waals surface area contributed by atoms with Crippen LogP contribution in [0.15, 0.2) is 36.9 Å². The van der Waals surface area contributed by atoms with Crippen LogP contribution in [0, 0.1) is 5.82 Å². The van der Waals surface area contributed by atoms with Gasteiger partial charge < -0.3 is 15.2 Å². The number of hydrogen-bond donors (Lipinski definition) is 2. The Morgan fingerprint density at radius 3 is 2.78 bits per heavy atom. The summed E-state index contributed by atoms with van der Waals surface area (Å²) in [5.41, 5.74) is 0.411. The third-order valence-electron chi connectivity index (χ3n) is 3.53. The minimum absolute atomic E-state index is 0.103. The third-order valence-corrected chi connectivity index (χ3v) is 3.53. The molecule has 0 aliphatic carbocycles. The monoisotopic (exact) mass is 376 g/mol. The van der Waals surface area contributed by atoms with E-state index in [4.69, 9.17) is 4.74 Å². The van der Waals surface area contributed by atoms with Gasteiger partial charge in [-0.3, -0.25) is 4.79 Å². The molecule has 1 atom stereocenters. The Kier molecular flexibility index (Phi) is 6.78. The van der Waals surface area contributed by atoms with Gasteiger partial charge in [0.15, 0.2) is 6.04 Å². The van der Waals surface area contributed by atoms with Gasteiger partial charge in [0.2, 0.25) is 5.82 Å². The summed E-state index contributed by atoms with van der Waals surface area (Å²) in [7, 11) is 0. The standard InChI is InChI=1S/C18H21FN4O4/c1-4-8-27-10-14(18(25)26)20-17(24)15-21-16(11(2)3)23(22-15)13-7-5-6-12(19)9-13/h4-7,9,11,14H,1,8,10H2,2-3H3,(H,20,24)(H,25,26). The SMILES string of the molecule is C=CCOCC(NC(=O)c1nc(C(C)C)n(-c2cccc(F)c2)n1)C(=O)O. The largest absolute Gasteiger partial charge is 0.480 e. The molecule has 1 aromatic carbocycles. The smallest absolute Gasteiger partial charge is 0.328 e. The molecular weight excluding hydrogens is 355 g/mol. The number of carboxylic acids is 1. The summed E-state index contributed by atoms with van der Waals surface area (Å²) < 4.78 is 20.0. The van der Waals surface area contributed by atoms with Crippen molar-refractivity contribution in [2.45, 2.75) is 25.8 Å². The Morgan fingerprint density at radius 1 is 1.44 bits per heavy atom. The number of rotatable bonds is 9. The van der Waals surface area contributed by atoms with Crippen LogP contribution < -0.4 is 5.32 Å². The van der Waals surface area contributed by atoms with Crippen molar-refractivity contribution >= 4 is 11.9 Å². The summed E-state index contributed by atoms with van der Waals surface area (Å²) in [6.07, 6.45) is 1.47. The van der Waals surface area contributed by atoms with Gasteiger partial charge in [-0.05, 0) is 18.2 Å². The minimum Gasteiger partial charge on any atom is -0.480 e. The molecular formula is C18H21FN4O4. The zero-order chi connectivity index (χ0) is 20.0. The first-order chi connectivity index (χ1) is 12.8. The number of amides is 1. The normalized spacial score (nSPS) is 12.0. The number of aliphatic carboxylic acids is 1. The maximum Gasteiger partial charge on any atom is 0.328 e. The van der Waals surface area contributed by atoms with Crippen LogP contribution in [0.25, 0.3) is 5.69 Å². The summed E-state index contributed by atoms with van der Waals surface area (Å²) in [4.78, 5) is 27.9. The maximum absolute atomic E-state index is 13.5. The third kappa shape index (κ3) is 5.20. The molecule has 0 fully saturated rings. The second kappa shape index (κ2) is 9.04. The van der Waals surface area contributed by atoms with Crippen molar-refractivity contribution in [3.8, 4) is 5.69 Å². The number of carbonyl (C=O) groups is 2. The fraction of sp³-hybridized carbons (Fsp3) is 0.333. The summed E-state index contributed by atoms with van der Waals surface area (Å²) in [5, 5.41) is 15.7. The van der Waals surface area contributed by atoms with Gasteiger partial charge in [0, 0.05) is 5.92 Å². The molecule has 8 nitrogen and oxygen atoms in total. The molecule has 2 rings (SSSR count). The number of benzene rings is 1. The highest BCUT2D eigenvalue weighted by Gasteiger charge is 2.25. The van der Waals surface area contributed by atoms with Gasteiger partial charge in [-0.1, -0.05) is 26.0 Å². The van der Waals surface area contributed by atoms with Crippen molar-refractivity contribution in [2.24, 2.45) is 0 Å². The van der Waals surface area contributed by atoms with Crippen molar-refractivity contribution < 1.29 is 23.8 Å². The molecule has 0 radical (unpaired) electrons. The Morgan fingerprint density at radius 2 is 2.19 bits per heavy atom. The predicted octanol–water partition coefficient (Wildman–Crippen LogP) is 1.92. The number of nitrogens with one attached hydrogen (secondary N) is 1. The van der Waals surface area contributed by atoms with E-state index in [1.54, 1.807) is 6.07 Å². The second-order valence-corrected chi connectivity index (χ2v) is 6.03. The number of nitrogens with zero attached hydrogens (tertiary/aromatic N) is 3. The van der Waals surface area contributed by atoms with Crippen molar-refractivity contribution in [2.75, 3.05) is 13.2 Å². The molecule has 0 saturated carbocycles. The molecule has 0 aliphatic rings. The van der Waals surface area contributed by atoms with Crippen LogP contribution in [0.5, 0.6) is 0 Å². The minimum atomic E-state index is -1.26. The van der Waals surface area contributed by atoms with Crippen LogP contribution in [0.3, 0.4) is 0 Å². The van der Waals surface area contributed by atoms with Crippen LogP contribution in [0.2, 0.25) is 0 Å². The second-order valence-electron chi connectivity index (χ2n) is 6.03. The van der Waals surface area contributed by atoms with Crippen molar-refractivity contribution in [1.82, 2.24) is 20.1 Å². The van der Waals surface area contributed by atoms with E-state index in [-0.39, 0.29) is 25.0 Å². The number of hydrogen-bond acceptors (Lipinski definition) is 5. The van der Waals surface area contributed by atoms with Gasteiger partial charge >= 0.3 is 5.97 Å². The predicted molar refractivity (Wildman–Crippen MR) is 95.3 cm³/mol. The quantitative estimate of drug-likeness (QED) is 0.512. The fourth-order valence-electron chi connectivity index (χ4n) is 2.26. The van der Waals surface area contributed by atoms with Gasteiger partial charge in [-0.15, -0.1) is 11.7 Å².